The second-order valence-electron chi connectivity index (χ2n) is 4.20. The van der Waals surface area contributed by atoms with Crippen molar-refractivity contribution in [1.82, 2.24) is 10.3 Å². The van der Waals surface area contributed by atoms with Crippen molar-refractivity contribution < 1.29 is 13.5 Å². The van der Waals surface area contributed by atoms with Gasteiger partial charge in [-0.2, -0.15) is 8.78 Å². The molecule has 0 amide bonds. The molecular formula is C14H16F2N2OS. The summed E-state index contributed by atoms with van der Waals surface area (Å²) in [6, 6.07) is 6.71. The van der Waals surface area contributed by atoms with Crippen LogP contribution in [-0.4, -0.2) is 18.1 Å². The zero-order valence-electron chi connectivity index (χ0n) is 11.1. The van der Waals surface area contributed by atoms with E-state index in [-0.39, 0.29) is 5.75 Å². The maximum Gasteiger partial charge on any atom is 0.387 e. The van der Waals surface area contributed by atoms with Crippen LogP contribution in [0.2, 0.25) is 0 Å². The molecule has 0 unspecified atom stereocenters. The summed E-state index contributed by atoms with van der Waals surface area (Å²) in [5.41, 5.74) is 1.50. The highest BCUT2D eigenvalue weighted by molar-refractivity contribution is 7.13. The first-order valence-electron chi connectivity index (χ1n) is 6.40. The lowest BCUT2D eigenvalue weighted by Crippen LogP contribution is -2.13. The number of alkyl halides is 2. The van der Waals surface area contributed by atoms with Crippen LogP contribution >= 0.6 is 11.3 Å². The van der Waals surface area contributed by atoms with E-state index in [1.165, 1.54) is 17.4 Å². The minimum Gasteiger partial charge on any atom is -0.434 e. The molecule has 0 bridgehead atoms. The number of hydrogen-bond donors (Lipinski definition) is 1. The molecular weight excluding hydrogens is 282 g/mol. The molecule has 1 heterocycles. The van der Waals surface area contributed by atoms with Gasteiger partial charge < -0.3 is 10.1 Å². The average molecular weight is 298 g/mol. The summed E-state index contributed by atoms with van der Waals surface area (Å²) in [7, 11) is 0. The molecule has 6 heteroatoms. The summed E-state index contributed by atoms with van der Waals surface area (Å²) in [5, 5.41) is 5.87. The maximum absolute atomic E-state index is 12.4. The summed E-state index contributed by atoms with van der Waals surface area (Å²) in [6.45, 7) is 0.874. The van der Waals surface area contributed by atoms with E-state index in [0.717, 1.165) is 18.7 Å². The van der Waals surface area contributed by atoms with Gasteiger partial charge in [0.1, 0.15) is 10.8 Å². The van der Waals surface area contributed by atoms with Crippen molar-refractivity contribution in [3.8, 4) is 16.3 Å². The summed E-state index contributed by atoms with van der Waals surface area (Å²) in [4.78, 5) is 4.45. The predicted octanol–water partition coefficient (Wildman–Crippen LogP) is 3.91. The molecule has 0 aliphatic heterocycles. The lowest BCUT2D eigenvalue weighted by molar-refractivity contribution is -0.0494. The van der Waals surface area contributed by atoms with Crippen molar-refractivity contribution in [2.24, 2.45) is 0 Å². The predicted molar refractivity (Wildman–Crippen MR) is 76.2 cm³/mol. The molecule has 0 aliphatic carbocycles. The third kappa shape index (κ3) is 3.98. The van der Waals surface area contributed by atoms with Crippen molar-refractivity contribution >= 4 is 11.3 Å². The molecule has 1 aromatic heterocycles. The molecule has 0 fully saturated rings. The number of ether oxygens (including phenoxy) is 1. The van der Waals surface area contributed by atoms with E-state index in [0.29, 0.717) is 17.1 Å². The van der Waals surface area contributed by atoms with Crippen LogP contribution in [0, 0.1) is 0 Å². The standard InChI is InChI=1S/C14H16F2N2OS/c1-2-7-17-8-10-9-20-13(18-10)11-5-3-4-6-12(11)19-14(15)16/h3-6,9,14,17H,2,7-8H2,1H3. The Balaban J connectivity index is 2.15. The van der Waals surface area contributed by atoms with Gasteiger partial charge in [0.05, 0.1) is 11.3 Å². The van der Waals surface area contributed by atoms with E-state index < -0.39 is 6.61 Å². The van der Waals surface area contributed by atoms with Crippen LogP contribution in [0.25, 0.3) is 10.6 Å². The first-order valence-corrected chi connectivity index (χ1v) is 7.28. The van der Waals surface area contributed by atoms with Gasteiger partial charge in [0.2, 0.25) is 0 Å². The minimum absolute atomic E-state index is 0.157. The first-order chi connectivity index (χ1) is 9.70. The molecule has 3 nitrogen and oxygen atoms in total. The van der Waals surface area contributed by atoms with Gasteiger partial charge in [0, 0.05) is 11.9 Å². The van der Waals surface area contributed by atoms with Crippen LogP contribution in [0.15, 0.2) is 29.6 Å². The SMILES string of the molecule is CCCNCc1csc(-c2ccccc2OC(F)F)n1. The van der Waals surface area contributed by atoms with Gasteiger partial charge in [-0.15, -0.1) is 11.3 Å². The third-order valence-electron chi connectivity index (χ3n) is 2.62. The van der Waals surface area contributed by atoms with Crippen LogP contribution in [-0.2, 0) is 6.54 Å². The number of hydrogen-bond acceptors (Lipinski definition) is 4. The Hall–Kier alpha value is -1.53. The van der Waals surface area contributed by atoms with Crippen LogP contribution < -0.4 is 10.1 Å². The summed E-state index contributed by atoms with van der Waals surface area (Å²) < 4.78 is 29.3. The smallest absolute Gasteiger partial charge is 0.387 e. The van der Waals surface area contributed by atoms with Crippen molar-refractivity contribution in [3.05, 3.63) is 35.3 Å². The number of benzene rings is 1. The lowest BCUT2D eigenvalue weighted by atomic mass is 10.2. The highest BCUT2D eigenvalue weighted by atomic mass is 32.1. The quantitative estimate of drug-likeness (QED) is 0.787. The summed E-state index contributed by atoms with van der Waals surface area (Å²) in [6.07, 6.45) is 1.06. The Kier molecular flexibility index (Phi) is 5.43. The molecule has 0 saturated carbocycles. The number of nitrogens with zero attached hydrogens (tertiary/aromatic N) is 1. The van der Waals surface area contributed by atoms with E-state index in [1.54, 1.807) is 18.2 Å². The highest BCUT2D eigenvalue weighted by Gasteiger charge is 2.13. The molecule has 0 saturated heterocycles. The first kappa shape index (κ1) is 14.9. The normalized spacial score (nSPS) is 11.0. The Labute approximate surface area is 120 Å². The van der Waals surface area contributed by atoms with Gasteiger partial charge in [-0.3, -0.25) is 0 Å². The lowest BCUT2D eigenvalue weighted by Gasteiger charge is -2.08. The van der Waals surface area contributed by atoms with Crippen LogP contribution in [0.1, 0.15) is 19.0 Å². The molecule has 0 spiro atoms. The zero-order valence-corrected chi connectivity index (χ0v) is 11.9. The Morgan fingerprint density at radius 2 is 2.15 bits per heavy atom. The molecule has 0 aliphatic rings. The Morgan fingerprint density at radius 1 is 1.35 bits per heavy atom. The van der Waals surface area contributed by atoms with Gasteiger partial charge in [-0.05, 0) is 25.1 Å². The van der Waals surface area contributed by atoms with Crippen LogP contribution in [0.3, 0.4) is 0 Å². The van der Waals surface area contributed by atoms with E-state index in [9.17, 15) is 8.78 Å². The molecule has 20 heavy (non-hydrogen) atoms. The van der Waals surface area contributed by atoms with E-state index in [1.807, 2.05) is 5.38 Å². The van der Waals surface area contributed by atoms with Crippen molar-refractivity contribution in [1.29, 1.82) is 0 Å². The second kappa shape index (κ2) is 7.31. The average Bonchev–Trinajstić information content (AvgIpc) is 2.88. The molecule has 0 radical (unpaired) electrons. The molecule has 1 N–H and O–H groups in total. The fourth-order valence-electron chi connectivity index (χ4n) is 1.75. The van der Waals surface area contributed by atoms with Gasteiger partial charge in [-0.1, -0.05) is 19.1 Å². The number of rotatable bonds is 7. The fraction of sp³-hybridized carbons (Fsp3) is 0.357. The number of aromatic nitrogens is 1. The Morgan fingerprint density at radius 3 is 2.90 bits per heavy atom. The largest absolute Gasteiger partial charge is 0.434 e. The molecule has 1 aromatic carbocycles. The van der Waals surface area contributed by atoms with Crippen molar-refractivity contribution in [2.75, 3.05) is 6.54 Å². The fourth-order valence-corrected chi connectivity index (χ4v) is 2.60. The molecule has 2 rings (SSSR count). The number of halogens is 2. The van der Waals surface area contributed by atoms with Gasteiger partial charge in [0.25, 0.3) is 0 Å². The van der Waals surface area contributed by atoms with E-state index in [4.69, 9.17) is 0 Å². The topological polar surface area (TPSA) is 34.1 Å². The van der Waals surface area contributed by atoms with Crippen LogP contribution in [0.4, 0.5) is 8.78 Å². The van der Waals surface area contributed by atoms with Gasteiger partial charge >= 0.3 is 6.61 Å². The third-order valence-corrected chi connectivity index (χ3v) is 3.54. The maximum atomic E-state index is 12.4. The van der Waals surface area contributed by atoms with Gasteiger partial charge in [0.15, 0.2) is 0 Å². The minimum atomic E-state index is -2.83. The molecule has 0 atom stereocenters. The van der Waals surface area contributed by atoms with Crippen LogP contribution in [0.5, 0.6) is 5.75 Å². The van der Waals surface area contributed by atoms with Crippen molar-refractivity contribution in [3.63, 3.8) is 0 Å². The number of para-hydroxylation sites is 1. The van der Waals surface area contributed by atoms with Gasteiger partial charge in [-0.25, -0.2) is 4.98 Å². The second-order valence-corrected chi connectivity index (χ2v) is 5.05. The number of nitrogens with one attached hydrogen (secondary N) is 1. The van der Waals surface area contributed by atoms with E-state index in [2.05, 4.69) is 22.0 Å². The van der Waals surface area contributed by atoms with Crippen molar-refractivity contribution in [2.45, 2.75) is 26.5 Å². The molecule has 108 valence electrons. The highest BCUT2D eigenvalue weighted by Crippen LogP contribution is 2.32. The molecule has 2 aromatic rings. The summed E-state index contributed by atoms with van der Waals surface area (Å²) in [5.74, 6) is 0.157. The zero-order chi connectivity index (χ0) is 14.4. The Bertz CT molecular complexity index is 545. The number of thiazole rings is 1. The summed E-state index contributed by atoms with van der Waals surface area (Å²) >= 11 is 1.43. The monoisotopic (exact) mass is 298 g/mol. The van der Waals surface area contributed by atoms with E-state index >= 15 is 0 Å².